The third-order valence-electron chi connectivity index (χ3n) is 3.05. The van der Waals surface area contributed by atoms with E-state index in [9.17, 15) is 0 Å². The molecule has 2 aromatic heterocycles. The third kappa shape index (κ3) is 3.00. The van der Waals surface area contributed by atoms with Crippen LogP contribution in [0.2, 0.25) is 5.02 Å². The van der Waals surface area contributed by atoms with Gasteiger partial charge in [0.05, 0.1) is 22.8 Å². The van der Waals surface area contributed by atoms with Gasteiger partial charge in [0.1, 0.15) is 12.3 Å². The van der Waals surface area contributed by atoms with E-state index in [1.807, 2.05) is 13.1 Å². The summed E-state index contributed by atoms with van der Waals surface area (Å²) in [6.07, 6.45) is 1.86. The van der Waals surface area contributed by atoms with Crippen LogP contribution in [0, 0.1) is 6.92 Å². The Bertz CT molecular complexity index is 796. The van der Waals surface area contributed by atoms with Crippen molar-refractivity contribution in [2.75, 3.05) is 7.11 Å². The first kappa shape index (κ1) is 15.1. The Morgan fingerprint density at radius 1 is 1.41 bits per heavy atom. The minimum absolute atomic E-state index is 0.391. The van der Waals surface area contributed by atoms with Crippen LogP contribution in [0.1, 0.15) is 11.6 Å². The Balaban J connectivity index is 1.89. The van der Waals surface area contributed by atoms with Gasteiger partial charge in [-0.1, -0.05) is 16.8 Å². The Morgan fingerprint density at radius 2 is 2.23 bits per heavy atom. The van der Waals surface area contributed by atoms with Crippen molar-refractivity contribution in [3.05, 3.63) is 45.5 Å². The van der Waals surface area contributed by atoms with Crippen molar-refractivity contribution in [2.24, 2.45) is 0 Å². The average molecular weight is 384 g/mol. The fourth-order valence-corrected chi connectivity index (χ4v) is 2.48. The molecule has 22 heavy (non-hydrogen) atoms. The summed E-state index contributed by atoms with van der Waals surface area (Å²) in [5, 5.41) is 8.89. The van der Waals surface area contributed by atoms with Gasteiger partial charge in [-0.25, -0.2) is 0 Å². The molecule has 2 heterocycles. The van der Waals surface area contributed by atoms with Crippen molar-refractivity contribution in [1.29, 1.82) is 0 Å². The molecule has 0 aliphatic heterocycles. The van der Waals surface area contributed by atoms with Gasteiger partial charge in [0.25, 0.3) is 0 Å². The van der Waals surface area contributed by atoms with E-state index in [0.29, 0.717) is 34.6 Å². The van der Waals surface area contributed by atoms with Crippen LogP contribution in [0.25, 0.3) is 11.4 Å². The van der Waals surface area contributed by atoms with Crippen LogP contribution in [-0.2, 0) is 6.54 Å². The van der Waals surface area contributed by atoms with Gasteiger partial charge in [0.15, 0.2) is 0 Å². The van der Waals surface area contributed by atoms with E-state index in [4.69, 9.17) is 20.9 Å². The van der Waals surface area contributed by atoms with Crippen LogP contribution < -0.4 is 4.74 Å². The van der Waals surface area contributed by atoms with Gasteiger partial charge in [-0.15, -0.1) is 0 Å². The maximum Gasteiger partial charge on any atom is 0.248 e. The third-order valence-corrected chi connectivity index (χ3v) is 4.07. The molecular weight excluding hydrogens is 372 g/mol. The van der Waals surface area contributed by atoms with Crippen LogP contribution in [0.5, 0.6) is 5.75 Å². The van der Waals surface area contributed by atoms with Gasteiger partial charge >= 0.3 is 0 Å². The highest BCUT2D eigenvalue weighted by atomic mass is 79.9. The number of hydrogen-bond donors (Lipinski definition) is 0. The maximum absolute atomic E-state index is 6.02. The van der Waals surface area contributed by atoms with Crippen LogP contribution in [0.4, 0.5) is 0 Å². The van der Waals surface area contributed by atoms with Crippen molar-refractivity contribution in [3.8, 4) is 17.1 Å². The SMILES string of the molecule is COc1ccc(Cl)cc1-c1noc(Cn2cc(Br)c(C)n2)n1. The highest BCUT2D eigenvalue weighted by molar-refractivity contribution is 9.10. The molecule has 0 saturated carbocycles. The summed E-state index contributed by atoms with van der Waals surface area (Å²) >= 11 is 9.44. The van der Waals surface area contributed by atoms with E-state index in [-0.39, 0.29) is 0 Å². The molecule has 0 amide bonds. The number of aromatic nitrogens is 4. The fraction of sp³-hybridized carbons (Fsp3) is 0.214. The van der Waals surface area contributed by atoms with Crippen molar-refractivity contribution >= 4 is 27.5 Å². The lowest BCUT2D eigenvalue weighted by molar-refractivity contribution is 0.365. The standard InChI is InChI=1S/C14H12BrClN4O2/c1-8-11(15)6-20(18-8)7-13-17-14(19-22-13)10-5-9(16)3-4-12(10)21-2/h3-6H,7H2,1-2H3. The van der Waals surface area contributed by atoms with Gasteiger partial charge in [0.2, 0.25) is 11.7 Å². The van der Waals surface area contributed by atoms with Crippen LogP contribution >= 0.6 is 27.5 Å². The van der Waals surface area contributed by atoms with Gasteiger partial charge in [0, 0.05) is 11.2 Å². The maximum atomic E-state index is 6.02. The lowest BCUT2D eigenvalue weighted by atomic mass is 10.2. The fourth-order valence-electron chi connectivity index (χ4n) is 2.00. The van der Waals surface area contributed by atoms with Crippen molar-refractivity contribution in [1.82, 2.24) is 19.9 Å². The molecule has 0 aliphatic rings. The van der Waals surface area contributed by atoms with Gasteiger partial charge in [-0.05, 0) is 41.1 Å². The number of methoxy groups -OCH3 is 1. The summed E-state index contributed by atoms with van der Waals surface area (Å²) in [6, 6.07) is 5.25. The lowest BCUT2D eigenvalue weighted by Gasteiger charge is -2.04. The Kier molecular flexibility index (Phi) is 4.17. The Hall–Kier alpha value is -1.86. The number of benzene rings is 1. The molecule has 6 nitrogen and oxygen atoms in total. The molecule has 0 fully saturated rings. The first-order chi connectivity index (χ1) is 10.6. The monoisotopic (exact) mass is 382 g/mol. The summed E-state index contributed by atoms with van der Waals surface area (Å²) in [7, 11) is 1.58. The summed E-state index contributed by atoms with van der Waals surface area (Å²) in [5.74, 6) is 1.51. The zero-order chi connectivity index (χ0) is 15.7. The Morgan fingerprint density at radius 3 is 2.91 bits per heavy atom. The molecule has 0 N–H and O–H groups in total. The summed E-state index contributed by atoms with van der Waals surface area (Å²) in [4.78, 5) is 4.37. The second-order valence-corrected chi connectivity index (χ2v) is 5.91. The van der Waals surface area contributed by atoms with E-state index in [1.165, 1.54) is 0 Å². The van der Waals surface area contributed by atoms with Crippen molar-refractivity contribution in [2.45, 2.75) is 13.5 Å². The van der Waals surface area contributed by atoms with Crippen LogP contribution in [0.15, 0.2) is 33.4 Å². The van der Waals surface area contributed by atoms with Crippen LogP contribution in [0.3, 0.4) is 0 Å². The molecule has 1 aromatic carbocycles. The number of ether oxygens (including phenoxy) is 1. The second kappa shape index (κ2) is 6.10. The van der Waals surface area contributed by atoms with Crippen LogP contribution in [-0.4, -0.2) is 27.0 Å². The molecule has 0 aliphatic carbocycles. The number of halogens is 2. The quantitative estimate of drug-likeness (QED) is 0.687. The lowest BCUT2D eigenvalue weighted by Crippen LogP contribution is -2.00. The molecule has 3 rings (SSSR count). The molecule has 0 radical (unpaired) electrons. The van der Waals surface area contributed by atoms with Gasteiger partial charge in [-0.3, -0.25) is 4.68 Å². The summed E-state index contributed by atoms with van der Waals surface area (Å²) < 4.78 is 13.2. The molecular formula is C14H12BrClN4O2. The second-order valence-electron chi connectivity index (χ2n) is 4.62. The van der Waals surface area contributed by atoms with E-state index in [1.54, 1.807) is 30.0 Å². The summed E-state index contributed by atoms with van der Waals surface area (Å²) in [5.41, 5.74) is 1.58. The highest BCUT2D eigenvalue weighted by Gasteiger charge is 2.15. The predicted molar refractivity (Wildman–Crippen MR) is 85.1 cm³/mol. The first-order valence-corrected chi connectivity index (χ1v) is 7.60. The molecule has 0 saturated heterocycles. The van der Waals surface area contributed by atoms with Gasteiger partial charge < -0.3 is 9.26 Å². The van der Waals surface area contributed by atoms with E-state index in [2.05, 4.69) is 31.2 Å². The predicted octanol–water partition coefficient (Wildman–Crippen LogP) is 3.71. The van der Waals surface area contributed by atoms with E-state index >= 15 is 0 Å². The van der Waals surface area contributed by atoms with E-state index < -0.39 is 0 Å². The number of nitrogens with zero attached hydrogens (tertiary/aromatic N) is 4. The largest absolute Gasteiger partial charge is 0.496 e. The first-order valence-electron chi connectivity index (χ1n) is 6.43. The molecule has 0 atom stereocenters. The van der Waals surface area contributed by atoms with Crippen molar-refractivity contribution in [3.63, 3.8) is 0 Å². The Labute approximate surface area is 140 Å². The highest BCUT2D eigenvalue weighted by Crippen LogP contribution is 2.30. The summed E-state index contributed by atoms with van der Waals surface area (Å²) in [6.45, 7) is 2.30. The molecule has 3 aromatic rings. The normalized spacial score (nSPS) is 10.9. The van der Waals surface area contributed by atoms with Crippen molar-refractivity contribution < 1.29 is 9.26 Å². The van der Waals surface area contributed by atoms with Gasteiger partial charge in [-0.2, -0.15) is 10.1 Å². The topological polar surface area (TPSA) is 66.0 Å². The molecule has 8 heteroatoms. The molecule has 114 valence electrons. The molecule has 0 spiro atoms. The molecule has 0 bridgehead atoms. The molecule has 0 unspecified atom stereocenters. The number of rotatable bonds is 4. The zero-order valence-electron chi connectivity index (χ0n) is 11.9. The number of aryl methyl sites for hydroxylation is 1. The zero-order valence-corrected chi connectivity index (χ0v) is 14.2. The minimum Gasteiger partial charge on any atom is -0.496 e. The smallest absolute Gasteiger partial charge is 0.248 e. The minimum atomic E-state index is 0.391. The average Bonchev–Trinajstić information content (AvgIpc) is 3.07. The number of hydrogen-bond acceptors (Lipinski definition) is 5. The van der Waals surface area contributed by atoms with E-state index in [0.717, 1.165) is 10.2 Å².